The number of allylic oxidation sites excluding steroid dienone is 1. The quantitative estimate of drug-likeness (QED) is 0.580. The SMILES string of the molecule is COC(=O)C1=C(C)N(Cc2ccccc2)C(=O)/C1=C/c1c(F)cccc1Cl. The summed E-state index contributed by atoms with van der Waals surface area (Å²) in [4.78, 5) is 26.8. The van der Waals surface area contributed by atoms with Crippen molar-refractivity contribution in [2.75, 3.05) is 7.11 Å². The Morgan fingerprint density at radius 2 is 1.89 bits per heavy atom. The van der Waals surface area contributed by atoms with E-state index in [1.54, 1.807) is 6.92 Å². The first-order valence-electron chi connectivity index (χ1n) is 8.25. The second kappa shape index (κ2) is 7.76. The zero-order valence-electron chi connectivity index (χ0n) is 14.8. The first-order chi connectivity index (χ1) is 12.9. The summed E-state index contributed by atoms with van der Waals surface area (Å²) < 4.78 is 19.0. The Morgan fingerprint density at radius 3 is 2.52 bits per heavy atom. The highest BCUT2D eigenvalue weighted by atomic mass is 35.5. The molecule has 1 aliphatic heterocycles. The van der Waals surface area contributed by atoms with Crippen LogP contribution in [0.2, 0.25) is 5.02 Å². The molecule has 0 spiro atoms. The number of rotatable bonds is 4. The number of halogens is 2. The van der Waals surface area contributed by atoms with E-state index >= 15 is 0 Å². The lowest BCUT2D eigenvalue weighted by atomic mass is 10.0. The molecule has 0 N–H and O–H groups in total. The Balaban J connectivity index is 2.09. The van der Waals surface area contributed by atoms with Gasteiger partial charge in [-0.1, -0.05) is 48.0 Å². The van der Waals surface area contributed by atoms with Gasteiger partial charge in [-0.25, -0.2) is 9.18 Å². The van der Waals surface area contributed by atoms with Crippen LogP contribution in [0.3, 0.4) is 0 Å². The van der Waals surface area contributed by atoms with Crippen LogP contribution in [0.15, 0.2) is 65.4 Å². The van der Waals surface area contributed by atoms with Crippen molar-refractivity contribution in [1.29, 1.82) is 0 Å². The Bertz CT molecular complexity index is 946. The van der Waals surface area contributed by atoms with Gasteiger partial charge in [-0.2, -0.15) is 0 Å². The van der Waals surface area contributed by atoms with Gasteiger partial charge in [-0.05, 0) is 30.7 Å². The molecule has 0 fully saturated rings. The fourth-order valence-electron chi connectivity index (χ4n) is 2.98. The molecule has 3 rings (SSSR count). The number of hydrogen-bond donors (Lipinski definition) is 0. The molecule has 6 heteroatoms. The molecule has 1 aliphatic rings. The van der Waals surface area contributed by atoms with Crippen molar-refractivity contribution in [3.63, 3.8) is 0 Å². The van der Waals surface area contributed by atoms with E-state index in [1.807, 2.05) is 30.3 Å². The molecule has 0 aliphatic carbocycles. The van der Waals surface area contributed by atoms with E-state index in [2.05, 4.69) is 0 Å². The summed E-state index contributed by atoms with van der Waals surface area (Å²) in [6.45, 7) is 1.95. The summed E-state index contributed by atoms with van der Waals surface area (Å²) in [5.74, 6) is -1.64. The van der Waals surface area contributed by atoms with E-state index in [-0.39, 0.29) is 28.3 Å². The van der Waals surface area contributed by atoms with Crippen LogP contribution < -0.4 is 0 Å². The molecule has 0 saturated heterocycles. The first-order valence-corrected chi connectivity index (χ1v) is 8.63. The third-order valence-corrected chi connectivity index (χ3v) is 4.70. The number of esters is 1. The summed E-state index contributed by atoms with van der Waals surface area (Å²) in [6.07, 6.45) is 1.31. The van der Waals surface area contributed by atoms with Crippen LogP contribution in [-0.2, 0) is 20.9 Å². The average Bonchev–Trinajstić information content (AvgIpc) is 2.89. The molecule has 0 bridgehead atoms. The van der Waals surface area contributed by atoms with Crippen LogP contribution >= 0.6 is 11.6 Å². The topological polar surface area (TPSA) is 46.6 Å². The molecule has 2 aromatic carbocycles. The van der Waals surface area contributed by atoms with Gasteiger partial charge in [-0.3, -0.25) is 4.79 Å². The smallest absolute Gasteiger partial charge is 0.340 e. The number of methoxy groups -OCH3 is 1. The molecule has 4 nitrogen and oxygen atoms in total. The van der Waals surface area contributed by atoms with E-state index in [4.69, 9.17) is 16.3 Å². The maximum absolute atomic E-state index is 14.2. The molecule has 0 unspecified atom stereocenters. The van der Waals surface area contributed by atoms with E-state index < -0.39 is 17.7 Å². The van der Waals surface area contributed by atoms with Crippen molar-refractivity contribution in [2.45, 2.75) is 13.5 Å². The van der Waals surface area contributed by atoms with Crippen LogP contribution in [0.25, 0.3) is 6.08 Å². The third-order valence-electron chi connectivity index (χ3n) is 4.37. The Labute approximate surface area is 161 Å². The minimum absolute atomic E-state index is 0.0540. The molecule has 2 aromatic rings. The van der Waals surface area contributed by atoms with Crippen molar-refractivity contribution in [3.8, 4) is 0 Å². The van der Waals surface area contributed by atoms with Crippen molar-refractivity contribution in [1.82, 2.24) is 4.90 Å². The maximum Gasteiger partial charge on any atom is 0.340 e. The van der Waals surface area contributed by atoms with Crippen molar-refractivity contribution in [3.05, 3.63) is 87.3 Å². The number of amides is 1. The molecule has 138 valence electrons. The number of carbonyl (C=O) groups excluding carboxylic acids is 2. The fourth-order valence-corrected chi connectivity index (χ4v) is 3.20. The molecule has 27 heavy (non-hydrogen) atoms. The Hall–Kier alpha value is -2.92. The monoisotopic (exact) mass is 385 g/mol. The van der Waals surface area contributed by atoms with E-state index in [9.17, 15) is 14.0 Å². The van der Waals surface area contributed by atoms with Crippen LogP contribution in [0.4, 0.5) is 4.39 Å². The van der Waals surface area contributed by atoms with Gasteiger partial charge < -0.3 is 9.64 Å². The summed E-state index contributed by atoms with van der Waals surface area (Å²) >= 11 is 6.08. The lowest BCUT2D eigenvalue weighted by Crippen LogP contribution is -2.24. The van der Waals surface area contributed by atoms with Crippen molar-refractivity contribution >= 4 is 29.6 Å². The molecular formula is C21H17ClFNO3. The zero-order chi connectivity index (χ0) is 19.6. The molecule has 1 heterocycles. The van der Waals surface area contributed by atoms with Gasteiger partial charge in [0.25, 0.3) is 5.91 Å². The predicted octanol–water partition coefficient (Wildman–Crippen LogP) is 4.35. The van der Waals surface area contributed by atoms with E-state index in [0.717, 1.165) is 5.56 Å². The lowest BCUT2D eigenvalue weighted by molar-refractivity contribution is -0.136. The largest absolute Gasteiger partial charge is 0.465 e. The standard InChI is InChI=1S/C21H17ClFNO3/c1-13-19(21(26)27-2)16(11-15-17(22)9-6-10-18(15)23)20(25)24(13)12-14-7-4-3-5-8-14/h3-11H,12H2,1-2H3/b16-11+. The number of hydrogen-bond acceptors (Lipinski definition) is 3. The lowest BCUT2D eigenvalue weighted by Gasteiger charge is -2.17. The molecule has 0 aromatic heterocycles. The van der Waals surface area contributed by atoms with Gasteiger partial charge in [0.2, 0.25) is 0 Å². The second-order valence-corrected chi connectivity index (χ2v) is 6.43. The highest BCUT2D eigenvalue weighted by Gasteiger charge is 2.37. The summed E-state index contributed by atoms with van der Waals surface area (Å²) in [7, 11) is 1.24. The molecule has 0 saturated carbocycles. The van der Waals surface area contributed by atoms with Gasteiger partial charge in [0.05, 0.1) is 29.8 Å². The Morgan fingerprint density at radius 1 is 1.19 bits per heavy atom. The predicted molar refractivity (Wildman–Crippen MR) is 101 cm³/mol. The minimum atomic E-state index is -0.657. The maximum atomic E-state index is 14.2. The molecule has 1 amide bonds. The van der Waals surface area contributed by atoms with Crippen molar-refractivity contribution < 1.29 is 18.7 Å². The normalized spacial score (nSPS) is 15.6. The van der Waals surface area contributed by atoms with Gasteiger partial charge in [0.1, 0.15) is 5.82 Å². The van der Waals surface area contributed by atoms with Gasteiger partial charge in [0, 0.05) is 11.3 Å². The number of carbonyl (C=O) groups is 2. The second-order valence-electron chi connectivity index (χ2n) is 6.02. The minimum Gasteiger partial charge on any atom is -0.465 e. The summed E-state index contributed by atoms with van der Waals surface area (Å²) in [6, 6.07) is 13.6. The van der Waals surface area contributed by atoms with Crippen LogP contribution in [-0.4, -0.2) is 23.9 Å². The summed E-state index contributed by atoms with van der Waals surface area (Å²) in [5, 5.41) is 0.152. The van der Waals surface area contributed by atoms with E-state index in [1.165, 1.54) is 36.3 Å². The zero-order valence-corrected chi connectivity index (χ0v) is 15.6. The highest BCUT2D eigenvalue weighted by Crippen LogP contribution is 2.34. The van der Waals surface area contributed by atoms with Crippen LogP contribution in [0.5, 0.6) is 0 Å². The Kier molecular flexibility index (Phi) is 5.42. The third kappa shape index (κ3) is 3.64. The van der Waals surface area contributed by atoms with Gasteiger partial charge >= 0.3 is 5.97 Å². The summed E-state index contributed by atoms with van der Waals surface area (Å²) in [5.41, 5.74) is 1.58. The average molecular weight is 386 g/mol. The number of benzene rings is 2. The van der Waals surface area contributed by atoms with Crippen LogP contribution in [0, 0.1) is 5.82 Å². The number of ether oxygens (including phenoxy) is 1. The first kappa shape index (κ1) is 18.9. The van der Waals surface area contributed by atoms with Gasteiger partial charge in [-0.15, -0.1) is 0 Å². The van der Waals surface area contributed by atoms with E-state index in [0.29, 0.717) is 5.70 Å². The fraction of sp³-hybridized carbons (Fsp3) is 0.143. The molecule has 0 radical (unpaired) electrons. The van der Waals surface area contributed by atoms with Gasteiger partial charge in [0.15, 0.2) is 0 Å². The molecular weight excluding hydrogens is 369 g/mol. The van der Waals surface area contributed by atoms with Crippen LogP contribution in [0.1, 0.15) is 18.1 Å². The number of nitrogens with zero attached hydrogens (tertiary/aromatic N) is 1. The molecule has 0 atom stereocenters. The highest BCUT2D eigenvalue weighted by molar-refractivity contribution is 6.32. The van der Waals surface area contributed by atoms with Crippen molar-refractivity contribution in [2.24, 2.45) is 0 Å².